The molecule has 0 atom stereocenters. The highest BCUT2D eigenvalue weighted by atomic mass is 35.5. The lowest BCUT2D eigenvalue weighted by atomic mass is 10.2. The van der Waals surface area contributed by atoms with E-state index in [2.05, 4.69) is 10.1 Å². The minimum Gasteiger partial charge on any atom is -0.467 e. The Hall–Kier alpha value is -2.54. The Balaban J connectivity index is 2.13. The van der Waals surface area contributed by atoms with E-state index in [-0.39, 0.29) is 23.5 Å². The van der Waals surface area contributed by atoms with Crippen LogP contribution in [0.4, 0.5) is 11.4 Å². The van der Waals surface area contributed by atoms with Crippen molar-refractivity contribution in [3.63, 3.8) is 0 Å². The Bertz CT molecular complexity index is 683. The largest absolute Gasteiger partial charge is 0.467 e. The molecule has 110 valence electrons. The molecule has 0 aliphatic carbocycles. The molecule has 0 aliphatic heterocycles. The number of methoxy groups -OCH3 is 1. The molecule has 0 bridgehead atoms. The van der Waals surface area contributed by atoms with E-state index in [1.807, 2.05) is 0 Å². The van der Waals surface area contributed by atoms with Crippen LogP contribution < -0.4 is 5.32 Å². The first-order valence-corrected chi connectivity index (χ1v) is 6.22. The Morgan fingerprint density at radius 2 is 2.24 bits per heavy atom. The van der Waals surface area contributed by atoms with Gasteiger partial charge in [0.05, 0.1) is 24.1 Å². The van der Waals surface area contributed by atoms with E-state index in [0.29, 0.717) is 10.8 Å². The van der Waals surface area contributed by atoms with Gasteiger partial charge in [-0.3, -0.25) is 10.1 Å². The Morgan fingerprint density at radius 3 is 2.90 bits per heavy atom. The molecule has 0 unspecified atom stereocenters. The van der Waals surface area contributed by atoms with E-state index in [1.165, 1.54) is 37.6 Å². The van der Waals surface area contributed by atoms with Crippen LogP contribution in [0.25, 0.3) is 0 Å². The maximum absolute atomic E-state index is 11.3. The lowest BCUT2D eigenvalue weighted by Gasteiger charge is -2.05. The third-order valence-corrected chi connectivity index (χ3v) is 2.92. The van der Waals surface area contributed by atoms with Crippen molar-refractivity contribution in [3.05, 3.63) is 57.0 Å². The van der Waals surface area contributed by atoms with Gasteiger partial charge in [-0.15, -0.1) is 0 Å². The first kappa shape index (κ1) is 14.9. The van der Waals surface area contributed by atoms with E-state index < -0.39 is 10.9 Å². The van der Waals surface area contributed by atoms with Gasteiger partial charge in [-0.1, -0.05) is 11.6 Å². The molecule has 0 saturated heterocycles. The third-order valence-electron chi connectivity index (χ3n) is 2.68. The number of nitro benzene ring substituents is 1. The maximum atomic E-state index is 11.3. The van der Waals surface area contributed by atoms with Gasteiger partial charge in [0.1, 0.15) is 17.7 Å². The van der Waals surface area contributed by atoms with E-state index >= 15 is 0 Å². The second kappa shape index (κ2) is 6.27. The Labute approximate surface area is 124 Å². The average molecular weight is 311 g/mol. The number of carbonyl (C=O) groups is 1. The van der Waals surface area contributed by atoms with Gasteiger partial charge in [0.15, 0.2) is 0 Å². The summed E-state index contributed by atoms with van der Waals surface area (Å²) in [7, 11) is 1.27. The molecule has 0 spiro atoms. The van der Waals surface area contributed by atoms with E-state index in [4.69, 9.17) is 16.0 Å². The number of carbonyl (C=O) groups excluding carboxylic acids is 1. The van der Waals surface area contributed by atoms with Gasteiger partial charge in [-0.05, 0) is 18.2 Å². The summed E-state index contributed by atoms with van der Waals surface area (Å²) in [5, 5.41) is 14.1. The quantitative estimate of drug-likeness (QED) is 0.517. The van der Waals surface area contributed by atoms with Crippen molar-refractivity contribution in [1.82, 2.24) is 0 Å². The van der Waals surface area contributed by atoms with Crippen LogP contribution in [0.1, 0.15) is 16.1 Å². The summed E-state index contributed by atoms with van der Waals surface area (Å²) in [4.78, 5) is 21.7. The fourth-order valence-corrected chi connectivity index (χ4v) is 1.86. The molecule has 7 nitrogen and oxygen atoms in total. The second-order valence-electron chi connectivity index (χ2n) is 4.07. The first-order valence-electron chi connectivity index (χ1n) is 5.85. The first-order chi connectivity index (χ1) is 10.0. The van der Waals surface area contributed by atoms with Gasteiger partial charge in [0, 0.05) is 11.1 Å². The van der Waals surface area contributed by atoms with Crippen molar-refractivity contribution in [2.24, 2.45) is 0 Å². The van der Waals surface area contributed by atoms with Crippen LogP contribution in [0.5, 0.6) is 0 Å². The SMILES string of the molecule is COC(=O)c1coc(CNc2cc(Cl)ccc2[N+](=O)[O-])c1. The number of furan rings is 1. The van der Waals surface area contributed by atoms with Crippen molar-refractivity contribution < 1.29 is 18.9 Å². The van der Waals surface area contributed by atoms with Crippen LogP contribution in [0, 0.1) is 10.1 Å². The number of ether oxygens (including phenoxy) is 1. The zero-order valence-corrected chi connectivity index (χ0v) is 11.7. The molecule has 2 rings (SSSR count). The lowest BCUT2D eigenvalue weighted by molar-refractivity contribution is -0.384. The summed E-state index contributed by atoms with van der Waals surface area (Å²) in [6.07, 6.45) is 1.26. The highest BCUT2D eigenvalue weighted by Crippen LogP contribution is 2.28. The van der Waals surface area contributed by atoms with Crippen LogP contribution in [-0.2, 0) is 11.3 Å². The zero-order valence-electron chi connectivity index (χ0n) is 11.0. The smallest absolute Gasteiger partial charge is 0.341 e. The number of hydrogen-bond donors (Lipinski definition) is 1. The van der Waals surface area contributed by atoms with Crippen molar-refractivity contribution >= 4 is 28.9 Å². The van der Waals surface area contributed by atoms with Gasteiger partial charge in [0.25, 0.3) is 5.69 Å². The number of nitrogens with zero attached hydrogens (tertiary/aromatic N) is 1. The zero-order chi connectivity index (χ0) is 15.4. The minimum absolute atomic E-state index is 0.0980. The number of anilines is 1. The van der Waals surface area contributed by atoms with Crippen LogP contribution in [0.3, 0.4) is 0 Å². The molecule has 1 heterocycles. The number of hydrogen-bond acceptors (Lipinski definition) is 6. The molecule has 8 heteroatoms. The summed E-state index contributed by atoms with van der Waals surface area (Å²) in [5.74, 6) is -0.0802. The summed E-state index contributed by atoms with van der Waals surface area (Å²) in [5.41, 5.74) is 0.442. The summed E-state index contributed by atoms with van der Waals surface area (Å²) >= 11 is 5.82. The maximum Gasteiger partial charge on any atom is 0.341 e. The van der Waals surface area contributed by atoms with Crippen molar-refractivity contribution in [1.29, 1.82) is 0 Å². The Kier molecular flexibility index (Phi) is 4.44. The number of rotatable bonds is 5. The van der Waals surface area contributed by atoms with Crippen molar-refractivity contribution in [2.75, 3.05) is 12.4 Å². The van der Waals surface area contributed by atoms with E-state index in [0.717, 1.165) is 0 Å². The van der Waals surface area contributed by atoms with Crippen LogP contribution in [0.2, 0.25) is 5.02 Å². The summed E-state index contributed by atoms with van der Waals surface area (Å²) < 4.78 is 9.73. The number of nitro groups is 1. The second-order valence-corrected chi connectivity index (χ2v) is 4.50. The standard InChI is InChI=1S/C13H11ClN2O5/c1-20-13(17)8-4-10(21-7-8)6-15-11-5-9(14)2-3-12(11)16(18)19/h2-5,7,15H,6H2,1H3. The monoisotopic (exact) mass is 310 g/mol. The molecule has 0 fully saturated rings. The molecule has 21 heavy (non-hydrogen) atoms. The fourth-order valence-electron chi connectivity index (χ4n) is 1.69. The van der Waals surface area contributed by atoms with Crippen LogP contribution in [-0.4, -0.2) is 18.0 Å². The highest BCUT2D eigenvalue weighted by Gasteiger charge is 2.15. The van der Waals surface area contributed by atoms with Gasteiger partial charge in [-0.2, -0.15) is 0 Å². The fraction of sp³-hybridized carbons (Fsp3) is 0.154. The molecule has 1 N–H and O–H groups in total. The molecule has 1 aromatic heterocycles. The van der Waals surface area contributed by atoms with Crippen LogP contribution >= 0.6 is 11.6 Å². The molecule has 2 aromatic rings. The predicted octanol–water partition coefficient (Wildman–Crippen LogP) is 3.24. The molecule has 0 amide bonds. The molecule has 0 aliphatic rings. The van der Waals surface area contributed by atoms with Gasteiger partial charge < -0.3 is 14.5 Å². The molecular weight excluding hydrogens is 300 g/mol. The van der Waals surface area contributed by atoms with Gasteiger partial charge in [0.2, 0.25) is 0 Å². The van der Waals surface area contributed by atoms with Gasteiger partial charge in [-0.25, -0.2) is 4.79 Å². The molecular formula is C13H11ClN2O5. The molecule has 0 radical (unpaired) electrons. The molecule has 1 aromatic carbocycles. The lowest BCUT2D eigenvalue weighted by Crippen LogP contribution is -2.02. The number of halogens is 1. The van der Waals surface area contributed by atoms with Gasteiger partial charge >= 0.3 is 5.97 Å². The predicted molar refractivity (Wildman–Crippen MR) is 75.5 cm³/mol. The topological polar surface area (TPSA) is 94.6 Å². The number of benzene rings is 1. The van der Waals surface area contributed by atoms with E-state index in [1.54, 1.807) is 0 Å². The highest BCUT2D eigenvalue weighted by molar-refractivity contribution is 6.31. The number of esters is 1. The average Bonchev–Trinajstić information content (AvgIpc) is 2.93. The van der Waals surface area contributed by atoms with Crippen LogP contribution in [0.15, 0.2) is 34.9 Å². The third kappa shape index (κ3) is 3.51. The van der Waals surface area contributed by atoms with E-state index in [9.17, 15) is 14.9 Å². The Morgan fingerprint density at radius 1 is 1.48 bits per heavy atom. The van der Waals surface area contributed by atoms with Crippen molar-refractivity contribution in [3.8, 4) is 0 Å². The minimum atomic E-state index is -0.515. The normalized spacial score (nSPS) is 10.2. The van der Waals surface area contributed by atoms with Crippen molar-refractivity contribution in [2.45, 2.75) is 6.54 Å². The summed E-state index contributed by atoms with van der Waals surface area (Å²) in [6, 6.07) is 5.69. The molecule has 0 saturated carbocycles. The number of nitrogens with one attached hydrogen (secondary N) is 1. The summed E-state index contributed by atoms with van der Waals surface area (Å²) in [6.45, 7) is 0.165.